The second kappa shape index (κ2) is 6.48. The Morgan fingerprint density at radius 2 is 2.18 bits per heavy atom. The van der Waals surface area contributed by atoms with Crippen LogP contribution in [0.2, 0.25) is 0 Å². The first-order valence-corrected chi connectivity index (χ1v) is 7.17. The molecular formula is C15H18N6O. The third-order valence-corrected chi connectivity index (χ3v) is 3.38. The maximum Gasteiger partial charge on any atom is 0.240 e. The number of nitrogens with one attached hydrogen (secondary N) is 1. The lowest BCUT2D eigenvalue weighted by Crippen LogP contribution is -2.30. The number of aromatic nitrogens is 5. The quantitative estimate of drug-likeness (QED) is 0.747. The molecule has 0 bridgehead atoms. The van der Waals surface area contributed by atoms with Crippen LogP contribution in [0.25, 0.3) is 11.4 Å². The third-order valence-electron chi connectivity index (χ3n) is 3.38. The van der Waals surface area contributed by atoms with Crippen LogP contribution in [0, 0.1) is 6.92 Å². The Labute approximate surface area is 128 Å². The van der Waals surface area contributed by atoms with Gasteiger partial charge in [0.2, 0.25) is 11.7 Å². The molecule has 3 rings (SSSR count). The number of rotatable bonds is 6. The van der Waals surface area contributed by atoms with Gasteiger partial charge in [0.15, 0.2) is 0 Å². The number of hydrogen-bond donors (Lipinski definition) is 1. The summed E-state index contributed by atoms with van der Waals surface area (Å²) in [4.78, 5) is 8.36. The monoisotopic (exact) mass is 298 g/mol. The van der Waals surface area contributed by atoms with Crippen LogP contribution in [0.15, 0.2) is 41.4 Å². The van der Waals surface area contributed by atoms with E-state index in [2.05, 4.69) is 32.5 Å². The minimum atomic E-state index is 0.218. The van der Waals surface area contributed by atoms with Crippen molar-refractivity contribution < 1.29 is 4.52 Å². The topological polar surface area (TPSA) is 81.7 Å². The van der Waals surface area contributed by atoms with Gasteiger partial charge in [-0.05, 0) is 19.4 Å². The average molecular weight is 298 g/mol. The molecule has 2 heterocycles. The van der Waals surface area contributed by atoms with Crippen molar-refractivity contribution in [2.24, 2.45) is 0 Å². The molecule has 1 atom stereocenters. The van der Waals surface area contributed by atoms with E-state index >= 15 is 0 Å². The first kappa shape index (κ1) is 14.4. The highest BCUT2D eigenvalue weighted by atomic mass is 16.5. The highest BCUT2D eigenvalue weighted by Gasteiger charge is 2.11. The van der Waals surface area contributed by atoms with Gasteiger partial charge in [-0.25, -0.2) is 4.98 Å². The van der Waals surface area contributed by atoms with Crippen LogP contribution in [0.4, 0.5) is 0 Å². The molecule has 7 heteroatoms. The molecule has 0 unspecified atom stereocenters. The van der Waals surface area contributed by atoms with E-state index in [-0.39, 0.29) is 6.04 Å². The molecule has 2 aromatic heterocycles. The lowest BCUT2D eigenvalue weighted by Gasteiger charge is -2.11. The summed E-state index contributed by atoms with van der Waals surface area (Å²) in [5, 5.41) is 11.5. The summed E-state index contributed by atoms with van der Waals surface area (Å²) >= 11 is 0. The van der Waals surface area contributed by atoms with E-state index in [0.717, 1.165) is 17.7 Å². The van der Waals surface area contributed by atoms with Crippen molar-refractivity contribution in [3.63, 3.8) is 0 Å². The lowest BCUT2D eigenvalue weighted by molar-refractivity contribution is 0.350. The van der Waals surface area contributed by atoms with Crippen molar-refractivity contribution in [1.29, 1.82) is 0 Å². The summed E-state index contributed by atoms with van der Waals surface area (Å²) in [7, 11) is 0. The zero-order chi connectivity index (χ0) is 15.4. The Hall–Kier alpha value is -2.54. The van der Waals surface area contributed by atoms with E-state index in [1.54, 1.807) is 11.0 Å². The van der Waals surface area contributed by atoms with Crippen LogP contribution >= 0.6 is 0 Å². The molecule has 0 amide bonds. The van der Waals surface area contributed by atoms with E-state index in [4.69, 9.17) is 4.52 Å². The maximum absolute atomic E-state index is 5.30. The van der Waals surface area contributed by atoms with E-state index in [9.17, 15) is 0 Å². The van der Waals surface area contributed by atoms with Gasteiger partial charge in [-0.2, -0.15) is 10.1 Å². The van der Waals surface area contributed by atoms with E-state index in [1.807, 2.05) is 31.2 Å². The van der Waals surface area contributed by atoms with Crippen molar-refractivity contribution >= 4 is 0 Å². The van der Waals surface area contributed by atoms with Gasteiger partial charge in [0.05, 0.1) is 13.1 Å². The molecule has 0 fully saturated rings. The Morgan fingerprint density at radius 1 is 1.32 bits per heavy atom. The Bertz CT molecular complexity index is 721. The number of aryl methyl sites for hydroxylation is 1. The van der Waals surface area contributed by atoms with Gasteiger partial charge in [0, 0.05) is 11.6 Å². The van der Waals surface area contributed by atoms with Crippen molar-refractivity contribution in [2.75, 3.05) is 0 Å². The number of nitrogens with zero attached hydrogens (tertiary/aromatic N) is 5. The van der Waals surface area contributed by atoms with Crippen molar-refractivity contribution in [3.8, 4) is 11.4 Å². The van der Waals surface area contributed by atoms with Crippen LogP contribution in [-0.2, 0) is 13.1 Å². The first-order chi connectivity index (χ1) is 10.7. The lowest BCUT2D eigenvalue weighted by atomic mass is 10.1. The second-order valence-corrected chi connectivity index (χ2v) is 5.23. The van der Waals surface area contributed by atoms with Crippen LogP contribution in [-0.4, -0.2) is 30.9 Å². The molecule has 114 valence electrons. The fourth-order valence-corrected chi connectivity index (χ4v) is 2.19. The molecule has 0 radical (unpaired) electrons. The smallest absolute Gasteiger partial charge is 0.240 e. The van der Waals surface area contributed by atoms with Crippen LogP contribution in [0.1, 0.15) is 18.4 Å². The van der Waals surface area contributed by atoms with Gasteiger partial charge in [0.25, 0.3) is 0 Å². The summed E-state index contributed by atoms with van der Waals surface area (Å²) in [6.07, 6.45) is 3.22. The fraction of sp³-hybridized carbons (Fsp3) is 0.333. The molecule has 3 aromatic rings. The van der Waals surface area contributed by atoms with Crippen LogP contribution in [0.3, 0.4) is 0 Å². The molecule has 0 aliphatic rings. The molecule has 7 nitrogen and oxygen atoms in total. The predicted octanol–water partition coefficient (Wildman–Crippen LogP) is 1.81. The highest BCUT2D eigenvalue weighted by molar-refractivity contribution is 5.58. The van der Waals surface area contributed by atoms with E-state index in [1.165, 1.54) is 6.33 Å². The molecule has 1 N–H and O–H groups in total. The molecular weight excluding hydrogens is 280 g/mol. The van der Waals surface area contributed by atoms with Crippen LogP contribution in [0.5, 0.6) is 0 Å². The minimum absolute atomic E-state index is 0.218. The maximum atomic E-state index is 5.30. The molecule has 0 aliphatic carbocycles. The summed E-state index contributed by atoms with van der Waals surface area (Å²) in [5.74, 6) is 1.20. The Morgan fingerprint density at radius 3 is 2.95 bits per heavy atom. The largest absolute Gasteiger partial charge is 0.338 e. The summed E-state index contributed by atoms with van der Waals surface area (Å²) in [6.45, 7) is 5.36. The number of hydrogen-bond acceptors (Lipinski definition) is 6. The Kier molecular flexibility index (Phi) is 4.24. The van der Waals surface area contributed by atoms with E-state index < -0.39 is 0 Å². The van der Waals surface area contributed by atoms with E-state index in [0.29, 0.717) is 18.3 Å². The summed E-state index contributed by atoms with van der Waals surface area (Å²) < 4.78 is 7.08. The van der Waals surface area contributed by atoms with Crippen LogP contribution < -0.4 is 5.32 Å². The van der Waals surface area contributed by atoms with Crippen molar-refractivity contribution in [3.05, 3.63) is 48.4 Å². The minimum Gasteiger partial charge on any atom is -0.338 e. The van der Waals surface area contributed by atoms with Crippen molar-refractivity contribution in [1.82, 2.24) is 30.2 Å². The summed E-state index contributed by atoms with van der Waals surface area (Å²) in [5.41, 5.74) is 2.12. The molecule has 0 spiro atoms. The van der Waals surface area contributed by atoms with Gasteiger partial charge in [0.1, 0.15) is 12.7 Å². The molecule has 0 aliphatic heterocycles. The standard InChI is InChI=1S/C15H18N6O/c1-11-5-3-4-6-13(11)15-19-14(22-20-15)7-17-12(2)8-21-10-16-9-18-21/h3-6,9-10,12,17H,7-8H2,1-2H3/t12-/m0/s1. The SMILES string of the molecule is Cc1ccccc1-c1noc(CN[C@@H](C)Cn2cncn2)n1. The normalized spacial score (nSPS) is 12.5. The third kappa shape index (κ3) is 3.37. The second-order valence-electron chi connectivity index (χ2n) is 5.23. The van der Waals surface area contributed by atoms with Gasteiger partial charge in [-0.3, -0.25) is 4.68 Å². The zero-order valence-corrected chi connectivity index (χ0v) is 12.6. The fourth-order valence-electron chi connectivity index (χ4n) is 2.19. The predicted molar refractivity (Wildman–Crippen MR) is 80.8 cm³/mol. The first-order valence-electron chi connectivity index (χ1n) is 7.17. The van der Waals surface area contributed by atoms with Gasteiger partial charge < -0.3 is 9.84 Å². The average Bonchev–Trinajstić information content (AvgIpc) is 3.17. The van der Waals surface area contributed by atoms with Gasteiger partial charge in [-0.15, -0.1) is 0 Å². The Balaban J connectivity index is 1.59. The molecule has 22 heavy (non-hydrogen) atoms. The number of benzene rings is 1. The zero-order valence-electron chi connectivity index (χ0n) is 12.6. The molecule has 0 saturated carbocycles. The van der Waals surface area contributed by atoms with Crippen molar-refractivity contribution in [2.45, 2.75) is 33.0 Å². The molecule has 0 saturated heterocycles. The van der Waals surface area contributed by atoms with Gasteiger partial charge >= 0.3 is 0 Å². The highest BCUT2D eigenvalue weighted by Crippen LogP contribution is 2.19. The van der Waals surface area contributed by atoms with Gasteiger partial charge in [-0.1, -0.05) is 29.4 Å². The summed E-state index contributed by atoms with van der Waals surface area (Å²) in [6, 6.07) is 8.20. The molecule has 1 aromatic carbocycles.